The molecule has 1 unspecified atom stereocenters. The first kappa shape index (κ1) is 15.4. The van der Waals surface area contributed by atoms with Gasteiger partial charge in [0.1, 0.15) is 17.5 Å². The zero-order valence-corrected chi connectivity index (χ0v) is 11.9. The maximum atomic E-state index is 13.1. The molecule has 0 radical (unpaired) electrons. The van der Waals surface area contributed by atoms with E-state index in [0.717, 1.165) is 12.1 Å². The van der Waals surface area contributed by atoms with Crippen molar-refractivity contribution in [2.24, 2.45) is 0 Å². The van der Waals surface area contributed by atoms with Crippen LogP contribution in [0.5, 0.6) is 0 Å². The number of nitrogens with zero attached hydrogens (tertiary/aromatic N) is 1. The average Bonchev–Trinajstić information content (AvgIpc) is 2.32. The second-order valence-corrected chi connectivity index (χ2v) is 4.51. The van der Waals surface area contributed by atoms with Crippen LogP contribution in [0.2, 0.25) is 0 Å². The number of esters is 1. The number of rotatable bonds is 5. The van der Waals surface area contributed by atoms with E-state index in [1.54, 1.807) is 6.92 Å². The Balaban J connectivity index is 3.06. The molecule has 0 fully saturated rings. The molecule has 0 saturated heterocycles. The number of benzene rings is 1. The predicted molar refractivity (Wildman–Crippen MR) is 70.5 cm³/mol. The van der Waals surface area contributed by atoms with Gasteiger partial charge >= 0.3 is 5.97 Å². The molecule has 1 aromatic rings. The fraction of sp³-hybridized carbons (Fsp3) is 0.364. The highest BCUT2D eigenvalue weighted by Gasteiger charge is 2.23. The van der Waals surface area contributed by atoms with Crippen LogP contribution < -0.4 is 5.32 Å². The van der Waals surface area contributed by atoms with E-state index in [9.17, 15) is 19.3 Å². The third-order valence-electron chi connectivity index (χ3n) is 2.23. The fourth-order valence-corrected chi connectivity index (χ4v) is 1.93. The van der Waals surface area contributed by atoms with Gasteiger partial charge in [0, 0.05) is 0 Å². The van der Waals surface area contributed by atoms with Crippen molar-refractivity contribution in [2.45, 2.75) is 19.9 Å². The molecule has 0 bridgehead atoms. The summed E-state index contributed by atoms with van der Waals surface area (Å²) < 4.78 is 18.1. The van der Waals surface area contributed by atoms with E-state index >= 15 is 0 Å². The largest absolute Gasteiger partial charge is 0.464 e. The summed E-state index contributed by atoms with van der Waals surface area (Å²) in [6.07, 6.45) is 0. The molecule has 0 aliphatic heterocycles. The SMILES string of the molecule is CCOC(=O)C(C)Nc1c(Br)cc(F)cc1[N+](=O)[O-]. The highest BCUT2D eigenvalue weighted by atomic mass is 79.9. The van der Waals surface area contributed by atoms with Crippen LogP contribution in [0.1, 0.15) is 13.8 Å². The van der Waals surface area contributed by atoms with Crippen molar-refractivity contribution >= 4 is 33.3 Å². The second kappa shape index (κ2) is 6.46. The Labute approximate surface area is 117 Å². The van der Waals surface area contributed by atoms with Gasteiger partial charge in [0.05, 0.1) is 22.1 Å². The van der Waals surface area contributed by atoms with Crippen LogP contribution in [-0.2, 0) is 9.53 Å². The highest BCUT2D eigenvalue weighted by Crippen LogP contribution is 2.34. The lowest BCUT2D eigenvalue weighted by Gasteiger charge is -2.15. The highest BCUT2D eigenvalue weighted by molar-refractivity contribution is 9.10. The first-order valence-electron chi connectivity index (χ1n) is 5.43. The molecule has 8 heteroatoms. The van der Waals surface area contributed by atoms with E-state index in [-0.39, 0.29) is 16.8 Å². The topological polar surface area (TPSA) is 81.5 Å². The van der Waals surface area contributed by atoms with Gasteiger partial charge in [0.2, 0.25) is 0 Å². The molecule has 0 heterocycles. The minimum atomic E-state index is -0.791. The number of hydrogen-bond donors (Lipinski definition) is 1. The summed E-state index contributed by atoms with van der Waals surface area (Å²) in [5, 5.41) is 13.5. The summed E-state index contributed by atoms with van der Waals surface area (Å²) in [4.78, 5) is 21.6. The first-order chi connectivity index (χ1) is 8.86. The Hall–Kier alpha value is -1.70. The maximum Gasteiger partial charge on any atom is 0.328 e. The lowest BCUT2D eigenvalue weighted by atomic mass is 10.2. The molecular formula is C11H12BrFN2O4. The second-order valence-electron chi connectivity index (χ2n) is 3.66. The van der Waals surface area contributed by atoms with Crippen LogP contribution in [0.4, 0.5) is 15.8 Å². The molecule has 1 N–H and O–H groups in total. The lowest BCUT2D eigenvalue weighted by Crippen LogP contribution is -2.28. The molecule has 0 aliphatic rings. The minimum Gasteiger partial charge on any atom is -0.464 e. The predicted octanol–water partition coefficient (Wildman–Crippen LogP) is 2.86. The smallest absolute Gasteiger partial charge is 0.328 e. The van der Waals surface area contributed by atoms with E-state index in [0.29, 0.717) is 0 Å². The van der Waals surface area contributed by atoms with Crippen LogP contribution in [0.15, 0.2) is 16.6 Å². The van der Waals surface area contributed by atoms with Gasteiger partial charge in [-0.3, -0.25) is 10.1 Å². The molecule has 19 heavy (non-hydrogen) atoms. The standard InChI is InChI=1S/C11H12BrFN2O4/c1-3-19-11(16)6(2)14-10-8(12)4-7(13)5-9(10)15(17)18/h4-6,14H,3H2,1-2H3. The van der Waals surface area contributed by atoms with E-state index in [2.05, 4.69) is 21.2 Å². The van der Waals surface area contributed by atoms with E-state index in [4.69, 9.17) is 4.74 Å². The average molecular weight is 335 g/mol. The molecule has 1 aromatic carbocycles. The number of anilines is 1. The Bertz CT molecular complexity index is 510. The minimum absolute atomic E-state index is 0.0342. The van der Waals surface area contributed by atoms with Gasteiger partial charge in [-0.1, -0.05) is 0 Å². The van der Waals surface area contributed by atoms with Crippen molar-refractivity contribution in [3.63, 3.8) is 0 Å². The molecule has 0 amide bonds. The number of carbonyl (C=O) groups is 1. The van der Waals surface area contributed by atoms with Crippen molar-refractivity contribution in [3.8, 4) is 0 Å². The van der Waals surface area contributed by atoms with Crippen LogP contribution in [0.25, 0.3) is 0 Å². The van der Waals surface area contributed by atoms with Gasteiger partial charge in [-0.2, -0.15) is 0 Å². The van der Waals surface area contributed by atoms with Crippen molar-refractivity contribution in [1.82, 2.24) is 0 Å². The van der Waals surface area contributed by atoms with Crippen LogP contribution in [0.3, 0.4) is 0 Å². The molecule has 0 aromatic heterocycles. The van der Waals surface area contributed by atoms with Crippen molar-refractivity contribution in [2.75, 3.05) is 11.9 Å². The van der Waals surface area contributed by atoms with Gasteiger partial charge in [-0.15, -0.1) is 0 Å². The Morgan fingerprint density at radius 2 is 2.26 bits per heavy atom. The molecule has 6 nitrogen and oxygen atoms in total. The maximum absolute atomic E-state index is 13.1. The molecule has 1 rings (SSSR count). The Morgan fingerprint density at radius 1 is 1.63 bits per heavy atom. The Kier molecular flexibility index (Phi) is 5.22. The Morgan fingerprint density at radius 3 is 2.79 bits per heavy atom. The van der Waals surface area contributed by atoms with Gasteiger partial charge in [0.25, 0.3) is 5.69 Å². The van der Waals surface area contributed by atoms with Crippen molar-refractivity contribution < 1.29 is 18.8 Å². The number of nitro groups is 1. The lowest BCUT2D eigenvalue weighted by molar-refractivity contribution is -0.384. The third kappa shape index (κ3) is 3.88. The summed E-state index contributed by atoms with van der Waals surface area (Å²) in [5.41, 5.74) is -0.421. The van der Waals surface area contributed by atoms with Gasteiger partial charge in [0.15, 0.2) is 0 Å². The van der Waals surface area contributed by atoms with Crippen LogP contribution in [0, 0.1) is 15.9 Å². The van der Waals surface area contributed by atoms with E-state index in [1.807, 2.05) is 0 Å². The van der Waals surface area contributed by atoms with Crippen LogP contribution in [-0.4, -0.2) is 23.5 Å². The normalized spacial score (nSPS) is 11.8. The number of nitrogens with one attached hydrogen (secondary N) is 1. The fourth-order valence-electron chi connectivity index (χ4n) is 1.39. The van der Waals surface area contributed by atoms with Gasteiger partial charge < -0.3 is 10.1 Å². The number of nitro benzene ring substituents is 1. The van der Waals surface area contributed by atoms with Crippen molar-refractivity contribution in [3.05, 3.63) is 32.5 Å². The summed E-state index contributed by atoms with van der Waals surface area (Å²) in [7, 11) is 0. The first-order valence-corrected chi connectivity index (χ1v) is 6.22. The van der Waals surface area contributed by atoms with Crippen LogP contribution >= 0.6 is 15.9 Å². The monoisotopic (exact) mass is 334 g/mol. The number of carbonyl (C=O) groups excluding carboxylic acids is 1. The number of ether oxygens (including phenoxy) is 1. The van der Waals surface area contributed by atoms with E-state index < -0.39 is 28.4 Å². The summed E-state index contributed by atoms with van der Waals surface area (Å²) >= 11 is 3.02. The van der Waals surface area contributed by atoms with Gasteiger partial charge in [-0.05, 0) is 35.8 Å². The summed E-state index contributed by atoms with van der Waals surface area (Å²) in [6.45, 7) is 3.36. The number of halogens is 2. The summed E-state index contributed by atoms with van der Waals surface area (Å²) in [5.74, 6) is -1.29. The molecule has 104 valence electrons. The zero-order valence-electron chi connectivity index (χ0n) is 10.3. The molecular weight excluding hydrogens is 323 g/mol. The molecule has 0 spiro atoms. The molecule has 1 atom stereocenters. The molecule has 0 aliphatic carbocycles. The van der Waals surface area contributed by atoms with E-state index in [1.165, 1.54) is 6.92 Å². The van der Waals surface area contributed by atoms with Gasteiger partial charge in [-0.25, -0.2) is 9.18 Å². The quantitative estimate of drug-likeness (QED) is 0.508. The zero-order chi connectivity index (χ0) is 14.6. The third-order valence-corrected chi connectivity index (χ3v) is 2.86. The molecule has 0 saturated carbocycles. The summed E-state index contributed by atoms with van der Waals surface area (Å²) in [6, 6.07) is 1.07. The van der Waals surface area contributed by atoms with Crippen molar-refractivity contribution in [1.29, 1.82) is 0 Å². The number of hydrogen-bond acceptors (Lipinski definition) is 5.